The monoisotopic (exact) mass is 330 g/mol. The lowest BCUT2D eigenvalue weighted by Crippen LogP contribution is -2.26. The van der Waals surface area contributed by atoms with Crippen molar-refractivity contribution in [3.8, 4) is 5.75 Å². The van der Waals surface area contributed by atoms with Crippen molar-refractivity contribution in [1.82, 2.24) is 4.41 Å². The number of phenols is 1. The first-order chi connectivity index (χ1) is 10.9. The lowest BCUT2D eigenvalue weighted by Gasteiger charge is -2.22. The van der Waals surface area contributed by atoms with E-state index in [4.69, 9.17) is 0 Å². The molecule has 1 N–H and O–H groups in total. The Labute approximate surface area is 135 Å². The minimum absolute atomic E-state index is 0.102. The first kappa shape index (κ1) is 15.6. The summed E-state index contributed by atoms with van der Waals surface area (Å²) < 4.78 is 25.4. The zero-order valence-electron chi connectivity index (χ0n) is 13.0. The molecule has 0 aliphatic carbocycles. The van der Waals surface area contributed by atoms with E-state index in [0.29, 0.717) is 17.7 Å². The summed E-state index contributed by atoms with van der Waals surface area (Å²) in [4.78, 5) is 0. The Balaban J connectivity index is 2.07. The van der Waals surface area contributed by atoms with E-state index in [2.05, 4.69) is 5.10 Å². The third-order valence-corrected chi connectivity index (χ3v) is 4.99. The fourth-order valence-electron chi connectivity index (χ4n) is 2.87. The van der Waals surface area contributed by atoms with Gasteiger partial charge in [0.1, 0.15) is 5.75 Å². The minimum Gasteiger partial charge on any atom is -0.507 e. The van der Waals surface area contributed by atoms with Gasteiger partial charge in [-0.1, -0.05) is 36.4 Å². The second-order valence-corrected chi connectivity index (χ2v) is 7.52. The van der Waals surface area contributed by atoms with Crippen molar-refractivity contribution >= 4 is 15.7 Å². The van der Waals surface area contributed by atoms with Crippen LogP contribution in [0.4, 0.5) is 0 Å². The van der Waals surface area contributed by atoms with Crippen LogP contribution < -0.4 is 0 Å². The Morgan fingerprint density at radius 2 is 1.78 bits per heavy atom. The average Bonchev–Trinajstić information content (AvgIpc) is 2.93. The molecule has 1 aliphatic heterocycles. The fourth-order valence-corrected chi connectivity index (χ4v) is 3.76. The highest BCUT2D eigenvalue weighted by molar-refractivity contribution is 7.88. The predicted octanol–water partition coefficient (Wildman–Crippen LogP) is 2.81. The van der Waals surface area contributed by atoms with Crippen LogP contribution in [0.5, 0.6) is 5.75 Å². The minimum atomic E-state index is -3.51. The average molecular weight is 330 g/mol. The van der Waals surface area contributed by atoms with Crippen molar-refractivity contribution in [2.45, 2.75) is 19.4 Å². The maximum Gasteiger partial charge on any atom is 0.247 e. The number of rotatable bonds is 3. The number of para-hydroxylation sites is 1. The highest BCUT2D eigenvalue weighted by Crippen LogP contribution is 2.37. The molecule has 0 unspecified atom stereocenters. The first-order valence-corrected chi connectivity index (χ1v) is 9.13. The van der Waals surface area contributed by atoms with E-state index in [1.807, 2.05) is 31.2 Å². The molecule has 0 fully saturated rings. The lowest BCUT2D eigenvalue weighted by molar-refractivity contribution is 0.374. The van der Waals surface area contributed by atoms with Crippen LogP contribution in [0.15, 0.2) is 53.6 Å². The van der Waals surface area contributed by atoms with Crippen molar-refractivity contribution in [3.05, 3.63) is 65.2 Å². The number of sulfonamides is 1. The number of aryl methyl sites for hydroxylation is 1. The Morgan fingerprint density at radius 3 is 2.43 bits per heavy atom. The van der Waals surface area contributed by atoms with Gasteiger partial charge in [0, 0.05) is 12.0 Å². The van der Waals surface area contributed by atoms with Crippen LogP contribution in [0, 0.1) is 6.92 Å². The van der Waals surface area contributed by atoms with Crippen molar-refractivity contribution < 1.29 is 13.5 Å². The zero-order valence-corrected chi connectivity index (χ0v) is 13.8. The summed E-state index contributed by atoms with van der Waals surface area (Å²) in [7, 11) is -3.51. The summed E-state index contributed by atoms with van der Waals surface area (Å²) in [6.45, 7) is 1.95. The van der Waals surface area contributed by atoms with E-state index in [1.165, 1.54) is 0 Å². The molecule has 5 nitrogen and oxygen atoms in total. The van der Waals surface area contributed by atoms with Gasteiger partial charge in [-0.2, -0.15) is 9.52 Å². The van der Waals surface area contributed by atoms with E-state index < -0.39 is 10.0 Å². The number of hydrazone groups is 1. The Kier molecular flexibility index (Phi) is 3.85. The SMILES string of the molecule is Cc1ccccc1[C@@H]1CC(c2ccccc2O)=NN1S(C)(=O)=O. The number of benzene rings is 2. The molecule has 0 amide bonds. The molecule has 1 heterocycles. The Hall–Kier alpha value is -2.34. The second-order valence-electron chi connectivity index (χ2n) is 5.68. The Bertz CT molecular complexity index is 875. The molecule has 1 aliphatic rings. The molecule has 1 atom stereocenters. The number of hydrogen-bond acceptors (Lipinski definition) is 4. The molecule has 2 aromatic carbocycles. The summed E-state index contributed by atoms with van der Waals surface area (Å²) in [5.74, 6) is 0.102. The summed E-state index contributed by atoms with van der Waals surface area (Å²) in [6.07, 6.45) is 1.57. The van der Waals surface area contributed by atoms with Crippen LogP contribution >= 0.6 is 0 Å². The standard InChI is InChI=1S/C17H18N2O3S/c1-12-7-3-4-8-13(12)16-11-15(18-19(16)23(2,21)22)14-9-5-6-10-17(14)20/h3-10,16,20H,11H2,1-2H3/t16-/m0/s1. The molecule has 120 valence electrons. The van der Waals surface area contributed by atoms with Crippen LogP contribution in [-0.2, 0) is 10.0 Å². The van der Waals surface area contributed by atoms with Crippen LogP contribution in [-0.4, -0.2) is 29.9 Å². The topological polar surface area (TPSA) is 70.0 Å². The molecule has 0 radical (unpaired) electrons. The molecule has 0 saturated heterocycles. The van der Waals surface area contributed by atoms with Gasteiger partial charge in [-0.05, 0) is 30.2 Å². The maximum absolute atomic E-state index is 12.1. The quantitative estimate of drug-likeness (QED) is 0.941. The van der Waals surface area contributed by atoms with E-state index >= 15 is 0 Å². The van der Waals surface area contributed by atoms with Gasteiger partial charge < -0.3 is 5.11 Å². The molecule has 0 aromatic heterocycles. The van der Waals surface area contributed by atoms with Crippen molar-refractivity contribution in [2.75, 3.05) is 6.26 Å². The van der Waals surface area contributed by atoms with Crippen LogP contribution in [0.2, 0.25) is 0 Å². The van der Waals surface area contributed by atoms with Gasteiger partial charge >= 0.3 is 0 Å². The molecule has 23 heavy (non-hydrogen) atoms. The van der Waals surface area contributed by atoms with Gasteiger partial charge in [-0.15, -0.1) is 0 Å². The molecule has 6 heteroatoms. The number of hydrogen-bond donors (Lipinski definition) is 1. The molecule has 0 spiro atoms. The van der Waals surface area contributed by atoms with Gasteiger partial charge in [0.25, 0.3) is 0 Å². The number of aromatic hydroxyl groups is 1. The molecule has 3 rings (SSSR count). The summed E-state index contributed by atoms with van der Waals surface area (Å²) in [5.41, 5.74) is 3.07. The van der Waals surface area contributed by atoms with Crippen molar-refractivity contribution in [3.63, 3.8) is 0 Å². The maximum atomic E-state index is 12.1. The van der Waals surface area contributed by atoms with E-state index in [-0.39, 0.29) is 11.8 Å². The fraction of sp³-hybridized carbons (Fsp3) is 0.235. The smallest absolute Gasteiger partial charge is 0.247 e. The third kappa shape index (κ3) is 2.94. The van der Waals surface area contributed by atoms with Gasteiger partial charge in [0.15, 0.2) is 0 Å². The largest absolute Gasteiger partial charge is 0.507 e. The van der Waals surface area contributed by atoms with Crippen molar-refractivity contribution in [1.29, 1.82) is 0 Å². The van der Waals surface area contributed by atoms with Gasteiger partial charge in [-0.25, -0.2) is 8.42 Å². The lowest BCUT2D eigenvalue weighted by atomic mass is 9.96. The van der Waals surface area contributed by atoms with Gasteiger partial charge in [0.05, 0.1) is 18.0 Å². The summed E-state index contributed by atoms with van der Waals surface area (Å²) in [6, 6.07) is 14.1. The highest BCUT2D eigenvalue weighted by atomic mass is 32.2. The number of nitrogens with zero attached hydrogens (tertiary/aromatic N) is 2. The van der Waals surface area contributed by atoms with Gasteiger partial charge in [0.2, 0.25) is 10.0 Å². The van der Waals surface area contributed by atoms with Crippen LogP contribution in [0.25, 0.3) is 0 Å². The van der Waals surface area contributed by atoms with E-state index in [9.17, 15) is 13.5 Å². The normalized spacial score (nSPS) is 18.1. The van der Waals surface area contributed by atoms with Crippen molar-refractivity contribution in [2.24, 2.45) is 5.10 Å². The van der Waals surface area contributed by atoms with E-state index in [0.717, 1.165) is 21.8 Å². The van der Waals surface area contributed by atoms with Crippen LogP contribution in [0.1, 0.15) is 29.2 Å². The zero-order chi connectivity index (χ0) is 16.6. The highest BCUT2D eigenvalue weighted by Gasteiger charge is 2.35. The molecular weight excluding hydrogens is 312 g/mol. The third-order valence-electron chi connectivity index (χ3n) is 3.97. The molecule has 0 bridgehead atoms. The Morgan fingerprint density at radius 1 is 1.13 bits per heavy atom. The first-order valence-electron chi connectivity index (χ1n) is 7.28. The summed E-state index contributed by atoms with van der Waals surface area (Å²) >= 11 is 0. The second kappa shape index (κ2) is 5.70. The molecule has 2 aromatic rings. The van der Waals surface area contributed by atoms with Crippen LogP contribution in [0.3, 0.4) is 0 Å². The molecule has 0 saturated carbocycles. The summed E-state index contributed by atoms with van der Waals surface area (Å²) in [5, 5.41) is 14.3. The number of phenolic OH excluding ortho intramolecular Hbond substituents is 1. The predicted molar refractivity (Wildman–Crippen MR) is 89.9 cm³/mol. The molecular formula is C17H18N2O3S. The van der Waals surface area contributed by atoms with Gasteiger partial charge in [-0.3, -0.25) is 0 Å². The van der Waals surface area contributed by atoms with E-state index in [1.54, 1.807) is 24.3 Å².